The van der Waals surface area contributed by atoms with Gasteiger partial charge in [0.1, 0.15) is 6.61 Å². The third kappa shape index (κ3) is 5.27. The molecular weight excluding hydrogens is 585 g/mol. The molecule has 0 radical (unpaired) electrons. The van der Waals surface area contributed by atoms with Crippen LogP contribution in [0.2, 0.25) is 0 Å². The van der Waals surface area contributed by atoms with E-state index in [1.807, 2.05) is 28.7 Å². The predicted octanol–water partition coefficient (Wildman–Crippen LogP) is 3.81. The molecule has 4 aromatic rings. The number of hydrogen-bond donors (Lipinski definition) is 0. The predicted molar refractivity (Wildman–Crippen MR) is 149 cm³/mol. The molecule has 0 bridgehead atoms. The normalized spacial score (nSPS) is 17.0. The summed E-state index contributed by atoms with van der Waals surface area (Å²) in [4.78, 5) is 8.52. The molecule has 2 atom stereocenters. The van der Waals surface area contributed by atoms with Gasteiger partial charge in [0.25, 0.3) is 5.88 Å². The summed E-state index contributed by atoms with van der Waals surface area (Å²) in [7, 11) is 5.83. The van der Waals surface area contributed by atoms with E-state index in [9.17, 15) is 0 Å². The van der Waals surface area contributed by atoms with Crippen LogP contribution in [0.4, 0.5) is 0 Å². The smallest absolute Gasteiger partial charge is 0.261 e. The summed E-state index contributed by atoms with van der Waals surface area (Å²) in [5.41, 5.74) is 4.17. The van der Waals surface area contributed by atoms with Crippen LogP contribution >= 0.6 is 22.6 Å². The molecule has 4 aromatic heterocycles. The minimum absolute atomic E-state index is 0.105. The van der Waals surface area contributed by atoms with E-state index in [1.165, 1.54) is 10.5 Å². The van der Waals surface area contributed by atoms with Crippen LogP contribution in [0.3, 0.4) is 0 Å². The minimum Gasteiger partial charge on any atom is -0.473 e. The lowest BCUT2D eigenvalue weighted by atomic mass is 10.1. The molecule has 1 unspecified atom stereocenters. The standard InChI is InChI=1S/C25H32IN9O2/c1-6-20-18-11-17(12-27-24(18)35(29-20)22-9-7-8-10-36-22)23-25(31-34(5)30-23)37-15-16(2)32(3)14-21-19(26)13-28-33(21)4/h6,11-13,16,22H,1,7-10,14-15H2,2-5H3/t16-,22?/m1/s1. The van der Waals surface area contributed by atoms with Crippen molar-refractivity contribution in [2.75, 3.05) is 20.3 Å². The highest BCUT2D eigenvalue weighted by Gasteiger charge is 2.23. The summed E-state index contributed by atoms with van der Waals surface area (Å²) in [6.45, 7) is 8.05. The fourth-order valence-corrected chi connectivity index (χ4v) is 5.09. The van der Waals surface area contributed by atoms with Gasteiger partial charge < -0.3 is 9.47 Å². The van der Waals surface area contributed by atoms with E-state index in [0.717, 1.165) is 58.3 Å². The number of rotatable bonds is 9. The van der Waals surface area contributed by atoms with Crippen molar-refractivity contribution in [2.45, 2.75) is 45.0 Å². The van der Waals surface area contributed by atoms with Crippen LogP contribution in [0.25, 0.3) is 28.4 Å². The molecule has 5 rings (SSSR count). The molecule has 11 nitrogen and oxygen atoms in total. The fraction of sp³-hybridized carbons (Fsp3) is 0.480. The molecule has 0 aromatic carbocycles. The van der Waals surface area contributed by atoms with Crippen LogP contribution in [-0.4, -0.2) is 70.7 Å². The molecule has 1 aliphatic rings. The van der Waals surface area contributed by atoms with Crippen molar-refractivity contribution < 1.29 is 9.47 Å². The van der Waals surface area contributed by atoms with Gasteiger partial charge in [-0.2, -0.15) is 15.0 Å². The van der Waals surface area contributed by atoms with Gasteiger partial charge in [0.15, 0.2) is 17.6 Å². The van der Waals surface area contributed by atoms with Crippen LogP contribution in [0.15, 0.2) is 25.0 Å². The topological polar surface area (TPSA) is 101 Å². The SMILES string of the molecule is C=Cc1nn(C2CCCCO2)c2ncc(-c3nn(C)nc3OC[C@@H](C)N(C)Cc3c(I)cnn3C)cc12. The first-order valence-corrected chi connectivity index (χ1v) is 13.5. The number of ether oxygens (including phenoxy) is 2. The summed E-state index contributed by atoms with van der Waals surface area (Å²) in [6.07, 6.45) is 8.44. The van der Waals surface area contributed by atoms with Crippen LogP contribution in [0.1, 0.15) is 43.8 Å². The number of likely N-dealkylation sites (N-methyl/N-ethyl adjacent to an activating group) is 1. The van der Waals surface area contributed by atoms with E-state index in [1.54, 1.807) is 19.3 Å². The maximum atomic E-state index is 6.19. The van der Waals surface area contributed by atoms with E-state index in [4.69, 9.17) is 19.6 Å². The molecule has 0 saturated carbocycles. The quantitative estimate of drug-likeness (QED) is 0.262. The maximum absolute atomic E-state index is 6.19. The van der Waals surface area contributed by atoms with Crippen LogP contribution in [0.5, 0.6) is 5.88 Å². The average molecular weight is 617 g/mol. The Morgan fingerprint density at radius 1 is 1.27 bits per heavy atom. The molecule has 1 aliphatic heterocycles. The van der Waals surface area contributed by atoms with E-state index in [-0.39, 0.29) is 12.3 Å². The monoisotopic (exact) mass is 617 g/mol. The molecule has 0 N–H and O–H groups in total. The summed E-state index contributed by atoms with van der Waals surface area (Å²) >= 11 is 2.32. The Kier molecular flexibility index (Phi) is 7.58. The van der Waals surface area contributed by atoms with Gasteiger partial charge >= 0.3 is 0 Å². The summed E-state index contributed by atoms with van der Waals surface area (Å²) < 4.78 is 17.1. The molecule has 37 heavy (non-hydrogen) atoms. The van der Waals surface area contributed by atoms with E-state index < -0.39 is 0 Å². The molecule has 1 saturated heterocycles. The van der Waals surface area contributed by atoms with Crippen molar-refractivity contribution in [2.24, 2.45) is 14.1 Å². The highest BCUT2D eigenvalue weighted by molar-refractivity contribution is 14.1. The number of fused-ring (bicyclic) bond motifs is 1. The molecule has 12 heteroatoms. The highest BCUT2D eigenvalue weighted by atomic mass is 127. The first-order valence-electron chi connectivity index (χ1n) is 12.4. The summed E-state index contributed by atoms with van der Waals surface area (Å²) in [5, 5.41) is 19.0. The van der Waals surface area contributed by atoms with Gasteiger partial charge in [-0.25, -0.2) is 9.67 Å². The Labute approximate surface area is 229 Å². The fourth-order valence-electron chi connectivity index (χ4n) is 4.44. The van der Waals surface area contributed by atoms with Crippen molar-refractivity contribution in [3.05, 3.63) is 40.0 Å². The second-order valence-electron chi connectivity index (χ2n) is 9.43. The molecule has 0 spiro atoms. The Morgan fingerprint density at radius 3 is 2.81 bits per heavy atom. The van der Waals surface area contributed by atoms with E-state index in [0.29, 0.717) is 18.2 Å². The van der Waals surface area contributed by atoms with Gasteiger partial charge in [0.05, 0.1) is 21.2 Å². The van der Waals surface area contributed by atoms with Crippen molar-refractivity contribution in [1.29, 1.82) is 0 Å². The van der Waals surface area contributed by atoms with Crippen LogP contribution in [-0.2, 0) is 25.4 Å². The third-order valence-corrected chi connectivity index (χ3v) is 7.68. The molecule has 0 aliphatic carbocycles. The van der Waals surface area contributed by atoms with E-state index in [2.05, 4.69) is 63.3 Å². The highest BCUT2D eigenvalue weighted by Crippen LogP contribution is 2.32. The zero-order chi connectivity index (χ0) is 26.1. The average Bonchev–Trinajstić information content (AvgIpc) is 3.57. The molecule has 5 heterocycles. The zero-order valence-electron chi connectivity index (χ0n) is 21.6. The molecule has 1 fully saturated rings. The van der Waals surface area contributed by atoms with Gasteiger partial charge in [0, 0.05) is 50.4 Å². The first-order chi connectivity index (χ1) is 17.9. The van der Waals surface area contributed by atoms with Crippen molar-refractivity contribution in [1.82, 2.24) is 44.4 Å². The van der Waals surface area contributed by atoms with Crippen molar-refractivity contribution in [3.63, 3.8) is 0 Å². The second-order valence-corrected chi connectivity index (χ2v) is 10.6. The Bertz CT molecular complexity index is 1380. The van der Waals surface area contributed by atoms with Gasteiger partial charge in [-0.1, -0.05) is 6.58 Å². The van der Waals surface area contributed by atoms with Crippen molar-refractivity contribution in [3.8, 4) is 17.1 Å². The lowest BCUT2D eigenvalue weighted by Crippen LogP contribution is -2.34. The molecule has 196 valence electrons. The lowest BCUT2D eigenvalue weighted by Gasteiger charge is -2.24. The molecular formula is C25H32IN9O2. The largest absolute Gasteiger partial charge is 0.473 e. The van der Waals surface area contributed by atoms with E-state index >= 15 is 0 Å². The van der Waals surface area contributed by atoms with Crippen LogP contribution in [0, 0.1) is 3.57 Å². The number of aryl methyl sites for hydroxylation is 2. The minimum atomic E-state index is -0.105. The summed E-state index contributed by atoms with van der Waals surface area (Å²) in [6, 6.07) is 2.17. The number of nitrogens with zero attached hydrogens (tertiary/aromatic N) is 9. The Balaban J connectivity index is 1.36. The summed E-state index contributed by atoms with van der Waals surface area (Å²) in [5.74, 6) is 0.474. The number of pyridine rings is 1. The Morgan fingerprint density at radius 2 is 2.11 bits per heavy atom. The maximum Gasteiger partial charge on any atom is 0.261 e. The first kappa shape index (κ1) is 25.8. The number of halogens is 1. The second kappa shape index (κ2) is 10.9. The molecule has 0 amide bonds. The number of aromatic nitrogens is 8. The van der Waals surface area contributed by atoms with Crippen molar-refractivity contribution >= 4 is 39.7 Å². The Hall–Kier alpha value is -2.84. The zero-order valence-corrected chi connectivity index (χ0v) is 23.8. The van der Waals surface area contributed by atoms with Gasteiger partial charge in [-0.05, 0) is 68.0 Å². The lowest BCUT2D eigenvalue weighted by molar-refractivity contribution is -0.0370. The van der Waals surface area contributed by atoms with Gasteiger partial charge in [0.2, 0.25) is 0 Å². The van der Waals surface area contributed by atoms with Crippen LogP contribution < -0.4 is 4.74 Å². The number of hydrogen-bond acceptors (Lipinski definition) is 8. The van der Waals surface area contributed by atoms with Gasteiger partial charge in [-0.3, -0.25) is 9.58 Å². The van der Waals surface area contributed by atoms with Gasteiger partial charge in [-0.15, -0.1) is 10.2 Å². The third-order valence-electron chi connectivity index (χ3n) is 6.78.